The van der Waals surface area contributed by atoms with Gasteiger partial charge in [-0.25, -0.2) is 8.78 Å². The van der Waals surface area contributed by atoms with E-state index >= 15 is 0 Å². The Morgan fingerprint density at radius 2 is 1.86 bits per heavy atom. The number of alkyl halides is 2. The molecule has 0 fully saturated rings. The third-order valence-electron chi connectivity index (χ3n) is 1.47. The fourth-order valence-electron chi connectivity index (χ4n) is 0.828. The second kappa shape index (κ2) is 4.68. The molecule has 0 bridgehead atoms. The Balaban J connectivity index is 3.87. The minimum Gasteiger partial charge on any atom is -0.390 e. The molecule has 0 unspecified atom stereocenters. The molecule has 0 aliphatic rings. The quantitative estimate of drug-likeness (QED) is 0.730. The van der Waals surface area contributed by atoms with Crippen LogP contribution in [-0.2, 0) is 4.79 Å². The number of carbonyl (C=O) groups is 1. The Morgan fingerprint density at radius 3 is 2.21 bits per heavy atom. The standard InChI is InChI=1S/C9H17F2NO2/c1-8(2,3)4-7(14)12-5-9(10,11)6-13/h13H,4-6H2,1-3H3,(H,12,14). The third kappa shape index (κ3) is 6.77. The Morgan fingerprint density at radius 1 is 1.36 bits per heavy atom. The minimum atomic E-state index is -3.23. The van der Waals surface area contributed by atoms with Crippen LogP contribution in [0.25, 0.3) is 0 Å². The van der Waals surface area contributed by atoms with E-state index < -0.39 is 25.0 Å². The molecule has 1 amide bonds. The number of nitrogens with one attached hydrogen (secondary N) is 1. The van der Waals surface area contributed by atoms with Gasteiger partial charge in [0, 0.05) is 6.42 Å². The summed E-state index contributed by atoms with van der Waals surface area (Å²) in [5.74, 6) is -3.65. The number of hydrogen-bond acceptors (Lipinski definition) is 2. The van der Waals surface area contributed by atoms with Gasteiger partial charge in [0.25, 0.3) is 5.92 Å². The molecule has 0 atom stereocenters. The van der Waals surface area contributed by atoms with Gasteiger partial charge >= 0.3 is 0 Å². The van der Waals surface area contributed by atoms with Crippen LogP contribution < -0.4 is 5.32 Å². The predicted octanol–water partition coefficient (Wildman–Crippen LogP) is 1.17. The fraction of sp³-hybridized carbons (Fsp3) is 0.889. The Bertz CT molecular complexity index is 199. The highest BCUT2D eigenvalue weighted by Gasteiger charge is 2.28. The van der Waals surface area contributed by atoms with Crippen LogP contribution in [0, 0.1) is 5.41 Å². The molecule has 0 spiro atoms. The molecule has 14 heavy (non-hydrogen) atoms. The lowest BCUT2D eigenvalue weighted by molar-refractivity contribution is -0.125. The molecule has 0 saturated heterocycles. The molecule has 84 valence electrons. The maximum atomic E-state index is 12.5. The van der Waals surface area contributed by atoms with E-state index in [0.717, 1.165) is 0 Å². The monoisotopic (exact) mass is 209 g/mol. The summed E-state index contributed by atoms with van der Waals surface area (Å²) in [4.78, 5) is 11.1. The van der Waals surface area contributed by atoms with E-state index in [1.165, 1.54) is 0 Å². The summed E-state index contributed by atoms with van der Waals surface area (Å²) in [6.07, 6.45) is 0.189. The van der Waals surface area contributed by atoms with E-state index in [1.807, 2.05) is 20.8 Å². The zero-order valence-electron chi connectivity index (χ0n) is 8.73. The van der Waals surface area contributed by atoms with Crippen molar-refractivity contribution in [2.75, 3.05) is 13.2 Å². The van der Waals surface area contributed by atoms with Gasteiger partial charge < -0.3 is 10.4 Å². The highest BCUT2D eigenvalue weighted by Crippen LogP contribution is 2.18. The molecule has 0 rings (SSSR count). The van der Waals surface area contributed by atoms with Crippen molar-refractivity contribution in [1.82, 2.24) is 5.32 Å². The number of halogens is 2. The van der Waals surface area contributed by atoms with Crippen LogP contribution in [0.15, 0.2) is 0 Å². The smallest absolute Gasteiger partial charge is 0.287 e. The number of aliphatic hydroxyl groups excluding tert-OH is 1. The van der Waals surface area contributed by atoms with Crippen molar-refractivity contribution in [3.8, 4) is 0 Å². The predicted molar refractivity (Wildman–Crippen MR) is 49.1 cm³/mol. The minimum absolute atomic E-state index is 0.189. The van der Waals surface area contributed by atoms with E-state index in [-0.39, 0.29) is 11.8 Å². The first-order valence-corrected chi connectivity index (χ1v) is 4.42. The number of rotatable bonds is 4. The van der Waals surface area contributed by atoms with Crippen molar-refractivity contribution >= 4 is 5.91 Å². The molecule has 5 heteroatoms. The molecule has 0 heterocycles. The molecule has 0 aromatic heterocycles. The topological polar surface area (TPSA) is 49.3 Å². The van der Waals surface area contributed by atoms with Gasteiger partial charge in [-0.1, -0.05) is 20.8 Å². The molecule has 2 N–H and O–H groups in total. The first-order chi connectivity index (χ1) is 6.16. The van der Waals surface area contributed by atoms with Crippen molar-refractivity contribution in [2.45, 2.75) is 33.1 Å². The summed E-state index contributed by atoms with van der Waals surface area (Å²) in [5.41, 5.74) is -0.224. The van der Waals surface area contributed by atoms with Crippen molar-refractivity contribution in [3.63, 3.8) is 0 Å². The first kappa shape index (κ1) is 13.3. The highest BCUT2D eigenvalue weighted by molar-refractivity contribution is 5.76. The SMILES string of the molecule is CC(C)(C)CC(=O)NCC(F)(F)CO. The lowest BCUT2D eigenvalue weighted by Gasteiger charge is -2.19. The van der Waals surface area contributed by atoms with Crippen LogP contribution in [0.4, 0.5) is 8.78 Å². The number of amides is 1. The maximum Gasteiger partial charge on any atom is 0.287 e. The second-order valence-electron chi connectivity index (χ2n) is 4.53. The number of hydrogen-bond donors (Lipinski definition) is 2. The summed E-state index contributed by atoms with van der Waals surface area (Å²) >= 11 is 0. The maximum absolute atomic E-state index is 12.5. The fourth-order valence-corrected chi connectivity index (χ4v) is 0.828. The Hall–Kier alpha value is -0.710. The summed E-state index contributed by atoms with van der Waals surface area (Å²) < 4.78 is 25.0. The zero-order valence-corrected chi connectivity index (χ0v) is 8.73. The molecule has 0 aliphatic heterocycles. The average Bonchev–Trinajstić information content (AvgIpc) is 1.98. The van der Waals surface area contributed by atoms with Crippen LogP contribution in [0.5, 0.6) is 0 Å². The summed E-state index contributed by atoms with van der Waals surface area (Å²) in [6, 6.07) is 0. The van der Waals surface area contributed by atoms with Crippen molar-refractivity contribution in [2.24, 2.45) is 5.41 Å². The van der Waals surface area contributed by atoms with E-state index in [9.17, 15) is 13.6 Å². The third-order valence-corrected chi connectivity index (χ3v) is 1.47. The van der Waals surface area contributed by atoms with Gasteiger partial charge in [0.05, 0.1) is 6.54 Å². The highest BCUT2D eigenvalue weighted by atomic mass is 19.3. The normalized spacial score (nSPS) is 12.7. The van der Waals surface area contributed by atoms with E-state index in [2.05, 4.69) is 5.32 Å². The van der Waals surface area contributed by atoms with Gasteiger partial charge in [-0.2, -0.15) is 0 Å². The van der Waals surface area contributed by atoms with Gasteiger partial charge in [0.1, 0.15) is 6.61 Å². The van der Waals surface area contributed by atoms with Gasteiger partial charge in [0.2, 0.25) is 5.91 Å². The lowest BCUT2D eigenvalue weighted by Crippen LogP contribution is -2.40. The van der Waals surface area contributed by atoms with Crippen molar-refractivity contribution < 1.29 is 18.7 Å². The van der Waals surface area contributed by atoms with Crippen molar-refractivity contribution in [1.29, 1.82) is 0 Å². The van der Waals surface area contributed by atoms with Crippen LogP contribution in [0.3, 0.4) is 0 Å². The van der Waals surface area contributed by atoms with Gasteiger partial charge in [-0.05, 0) is 5.41 Å². The van der Waals surface area contributed by atoms with Gasteiger partial charge in [-0.3, -0.25) is 4.79 Å². The molecule has 0 aliphatic carbocycles. The summed E-state index contributed by atoms with van der Waals surface area (Å²) in [6.45, 7) is 3.48. The van der Waals surface area contributed by atoms with Crippen LogP contribution >= 0.6 is 0 Å². The van der Waals surface area contributed by atoms with Gasteiger partial charge in [0.15, 0.2) is 0 Å². The molecule has 0 aromatic carbocycles. The zero-order chi connectivity index (χ0) is 11.4. The van der Waals surface area contributed by atoms with E-state index in [1.54, 1.807) is 0 Å². The second-order valence-corrected chi connectivity index (χ2v) is 4.53. The Kier molecular flexibility index (Phi) is 4.45. The molecule has 0 aromatic rings. The summed E-state index contributed by atoms with van der Waals surface area (Å²) in [7, 11) is 0. The van der Waals surface area contributed by atoms with Gasteiger partial charge in [-0.15, -0.1) is 0 Å². The molecule has 3 nitrogen and oxygen atoms in total. The molecule has 0 saturated carbocycles. The number of carbonyl (C=O) groups excluding carboxylic acids is 1. The number of aliphatic hydroxyl groups is 1. The lowest BCUT2D eigenvalue weighted by atomic mass is 9.92. The van der Waals surface area contributed by atoms with E-state index in [4.69, 9.17) is 5.11 Å². The average molecular weight is 209 g/mol. The van der Waals surface area contributed by atoms with E-state index in [0.29, 0.717) is 0 Å². The van der Waals surface area contributed by atoms with Crippen LogP contribution in [0.1, 0.15) is 27.2 Å². The van der Waals surface area contributed by atoms with Crippen LogP contribution in [0.2, 0.25) is 0 Å². The molecular formula is C9H17F2NO2. The molecular weight excluding hydrogens is 192 g/mol. The largest absolute Gasteiger partial charge is 0.390 e. The Labute approximate surface area is 82.5 Å². The molecule has 0 radical (unpaired) electrons. The van der Waals surface area contributed by atoms with Crippen molar-refractivity contribution in [3.05, 3.63) is 0 Å². The van der Waals surface area contributed by atoms with Crippen LogP contribution in [-0.4, -0.2) is 30.1 Å². The first-order valence-electron chi connectivity index (χ1n) is 4.42. The summed E-state index contributed by atoms with van der Waals surface area (Å²) in [5, 5.41) is 10.3.